The summed E-state index contributed by atoms with van der Waals surface area (Å²) in [5.74, 6) is 1.09. The monoisotopic (exact) mass is 279 g/mol. The molecule has 1 N–H and O–H groups in total. The van der Waals surface area contributed by atoms with Crippen molar-refractivity contribution >= 4 is 11.5 Å². The molecular formula is C18H21N3. The normalized spacial score (nSPS) is 13.7. The molecule has 3 rings (SSSR count). The Hall–Kier alpha value is -2.29. The molecule has 108 valence electrons. The zero-order valence-electron chi connectivity index (χ0n) is 12.4. The number of hydrogen-bond acceptors (Lipinski definition) is 3. The van der Waals surface area contributed by atoms with Gasteiger partial charge in [-0.15, -0.1) is 0 Å². The molecule has 0 amide bonds. The second kappa shape index (κ2) is 6.44. The van der Waals surface area contributed by atoms with Crippen LogP contribution in [0.3, 0.4) is 0 Å². The predicted octanol–water partition coefficient (Wildman–Crippen LogP) is 3.00. The van der Waals surface area contributed by atoms with E-state index in [-0.39, 0.29) is 0 Å². The molecule has 0 aromatic heterocycles. The second-order valence-electron chi connectivity index (χ2n) is 5.43. The first-order valence-corrected chi connectivity index (χ1v) is 7.44. The fourth-order valence-electron chi connectivity index (χ4n) is 2.53. The molecule has 3 heteroatoms. The Bertz CT molecular complexity index is 602. The van der Waals surface area contributed by atoms with Crippen LogP contribution in [0.2, 0.25) is 0 Å². The van der Waals surface area contributed by atoms with Crippen LogP contribution in [0.1, 0.15) is 11.1 Å². The van der Waals surface area contributed by atoms with Crippen LogP contribution in [0.25, 0.3) is 0 Å². The van der Waals surface area contributed by atoms with Crippen LogP contribution < -0.4 is 10.2 Å². The lowest BCUT2D eigenvalue weighted by molar-refractivity contribution is 0.866. The first-order chi connectivity index (χ1) is 10.3. The molecule has 0 unspecified atom stereocenters. The molecule has 0 spiro atoms. The number of rotatable bonds is 5. The summed E-state index contributed by atoms with van der Waals surface area (Å²) in [4.78, 5) is 6.89. The van der Waals surface area contributed by atoms with E-state index >= 15 is 0 Å². The summed E-state index contributed by atoms with van der Waals surface area (Å²) in [6.45, 7) is 5.70. The second-order valence-corrected chi connectivity index (χ2v) is 5.43. The molecule has 0 fully saturated rings. The predicted molar refractivity (Wildman–Crippen MR) is 89.0 cm³/mol. The maximum atomic E-state index is 4.52. The van der Waals surface area contributed by atoms with Crippen molar-refractivity contribution in [3.05, 3.63) is 65.7 Å². The minimum atomic E-state index is 0.831. The zero-order valence-corrected chi connectivity index (χ0v) is 12.4. The minimum Gasteiger partial charge on any atom is -0.370 e. The van der Waals surface area contributed by atoms with E-state index in [1.54, 1.807) is 0 Å². The number of hydrogen-bond donors (Lipinski definition) is 1. The van der Waals surface area contributed by atoms with Crippen molar-refractivity contribution in [1.82, 2.24) is 5.32 Å². The van der Waals surface area contributed by atoms with Crippen molar-refractivity contribution in [2.24, 2.45) is 4.99 Å². The van der Waals surface area contributed by atoms with E-state index in [4.69, 9.17) is 0 Å². The lowest BCUT2D eigenvalue weighted by atomic mass is 10.1. The van der Waals surface area contributed by atoms with Crippen molar-refractivity contribution in [2.45, 2.75) is 13.5 Å². The molecule has 0 radical (unpaired) electrons. The SMILES string of the molecule is Cc1ccc(N(CC2=NCCN2)Cc2ccccc2)cc1. The van der Waals surface area contributed by atoms with Crippen molar-refractivity contribution in [1.29, 1.82) is 0 Å². The minimum absolute atomic E-state index is 0.831. The third kappa shape index (κ3) is 3.63. The van der Waals surface area contributed by atoms with Crippen LogP contribution in [0.5, 0.6) is 0 Å². The fraction of sp³-hybridized carbons (Fsp3) is 0.278. The van der Waals surface area contributed by atoms with Gasteiger partial charge in [-0.25, -0.2) is 0 Å². The Morgan fingerprint density at radius 3 is 2.43 bits per heavy atom. The summed E-state index contributed by atoms with van der Waals surface area (Å²) in [5.41, 5.74) is 3.84. The highest BCUT2D eigenvalue weighted by molar-refractivity contribution is 5.88. The van der Waals surface area contributed by atoms with Gasteiger partial charge in [0.25, 0.3) is 0 Å². The lowest BCUT2D eigenvalue weighted by Crippen LogP contribution is -2.34. The van der Waals surface area contributed by atoms with Gasteiger partial charge in [-0.05, 0) is 24.6 Å². The highest BCUT2D eigenvalue weighted by atomic mass is 15.2. The molecule has 0 atom stereocenters. The molecule has 3 nitrogen and oxygen atoms in total. The third-order valence-electron chi connectivity index (χ3n) is 3.70. The number of anilines is 1. The van der Waals surface area contributed by atoms with E-state index in [0.717, 1.165) is 32.0 Å². The maximum absolute atomic E-state index is 4.52. The molecule has 2 aromatic carbocycles. The molecule has 0 aliphatic carbocycles. The number of amidine groups is 1. The highest BCUT2D eigenvalue weighted by Gasteiger charge is 2.13. The number of benzene rings is 2. The molecule has 1 heterocycles. The Kier molecular flexibility index (Phi) is 4.20. The average Bonchev–Trinajstić information content (AvgIpc) is 3.01. The Morgan fingerprint density at radius 1 is 1.00 bits per heavy atom. The lowest BCUT2D eigenvalue weighted by Gasteiger charge is -2.25. The van der Waals surface area contributed by atoms with Crippen LogP contribution >= 0.6 is 0 Å². The van der Waals surface area contributed by atoms with Gasteiger partial charge in [0.2, 0.25) is 0 Å². The summed E-state index contributed by atoms with van der Waals surface area (Å²) in [7, 11) is 0. The summed E-state index contributed by atoms with van der Waals surface area (Å²) in [6.07, 6.45) is 0. The van der Waals surface area contributed by atoms with E-state index in [1.807, 2.05) is 0 Å². The first-order valence-electron chi connectivity index (χ1n) is 7.44. The largest absolute Gasteiger partial charge is 0.370 e. The van der Waals surface area contributed by atoms with E-state index in [9.17, 15) is 0 Å². The Morgan fingerprint density at radius 2 is 1.76 bits per heavy atom. The molecule has 0 saturated heterocycles. The first kappa shape index (κ1) is 13.7. The van der Waals surface area contributed by atoms with Gasteiger partial charge in [-0.2, -0.15) is 0 Å². The van der Waals surface area contributed by atoms with Crippen molar-refractivity contribution in [3.63, 3.8) is 0 Å². The summed E-state index contributed by atoms with van der Waals surface area (Å²) >= 11 is 0. The van der Waals surface area contributed by atoms with Gasteiger partial charge in [0.15, 0.2) is 0 Å². The molecule has 1 aliphatic heterocycles. The molecule has 0 bridgehead atoms. The van der Waals surface area contributed by atoms with E-state index in [0.29, 0.717) is 0 Å². The van der Waals surface area contributed by atoms with Crippen LogP contribution in [-0.2, 0) is 6.54 Å². The quantitative estimate of drug-likeness (QED) is 0.911. The Labute approximate surface area is 126 Å². The summed E-state index contributed by atoms with van der Waals surface area (Å²) < 4.78 is 0. The van der Waals surface area contributed by atoms with Gasteiger partial charge in [-0.3, -0.25) is 4.99 Å². The van der Waals surface area contributed by atoms with Crippen molar-refractivity contribution < 1.29 is 0 Å². The van der Waals surface area contributed by atoms with Crippen LogP contribution in [0, 0.1) is 6.92 Å². The van der Waals surface area contributed by atoms with E-state index < -0.39 is 0 Å². The fourth-order valence-corrected chi connectivity index (χ4v) is 2.53. The topological polar surface area (TPSA) is 27.6 Å². The average molecular weight is 279 g/mol. The molecule has 1 aliphatic rings. The van der Waals surface area contributed by atoms with Crippen LogP contribution in [0.15, 0.2) is 59.6 Å². The van der Waals surface area contributed by atoms with E-state index in [2.05, 4.69) is 76.7 Å². The van der Waals surface area contributed by atoms with Crippen molar-refractivity contribution in [3.8, 4) is 0 Å². The number of nitrogens with one attached hydrogen (secondary N) is 1. The summed E-state index contributed by atoms with van der Waals surface area (Å²) in [5, 5.41) is 3.36. The van der Waals surface area contributed by atoms with Crippen molar-refractivity contribution in [2.75, 3.05) is 24.5 Å². The van der Waals surface area contributed by atoms with Gasteiger partial charge >= 0.3 is 0 Å². The number of aryl methyl sites for hydroxylation is 1. The zero-order chi connectivity index (χ0) is 14.5. The number of nitrogens with zero attached hydrogens (tertiary/aromatic N) is 2. The van der Waals surface area contributed by atoms with Crippen LogP contribution in [0.4, 0.5) is 5.69 Å². The number of aliphatic imine (C=N–C) groups is 1. The smallest absolute Gasteiger partial charge is 0.116 e. The van der Waals surface area contributed by atoms with Gasteiger partial charge in [-0.1, -0.05) is 48.0 Å². The van der Waals surface area contributed by atoms with Gasteiger partial charge in [0.05, 0.1) is 13.1 Å². The molecular weight excluding hydrogens is 258 g/mol. The van der Waals surface area contributed by atoms with E-state index in [1.165, 1.54) is 16.8 Å². The standard InChI is InChI=1S/C18H21N3/c1-15-7-9-17(10-8-15)21(14-18-19-11-12-20-18)13-16-5-3-2-4-6-16/h2-10H,11-14H2,1H3,(H,19,20). The molecule has 2 aromatic rings. The molecule has 0 saturated carbocycles. The van der Waals surface area contributed by atoms with Gasteiger partial charge < -0.3 is 10.2 Å². The third-order valence-corrected chi connectivity index (χ3v) is 3.70. The molecule has 21 heavy (non-hydrogen) atoms. The van der Waals surface area contributed by atoms with Crippen LogP contribution in [-0.4, -0.2) is 25.5 Å². The van der Waals surface area contributed by atoms with Gasteiger partial charge in [0.1, 0.15) is 5.84 Å². The Balaban J connectivity index is 1.81. The highest BCUT2D eigenvalue weighted by Crippen LogP contribution is 2.18. The maximum Gasteiger partial charge on any atom is 0.116 e. The summed E-state index contributed by atoms with van der Waals surface area (Å²) in [6, 6.07) is 19.3. The van der Waals surface area contributed by atoms with Gasteiger partial charge in [0, 0.05) is 18.8 Å².